The van der Waals surface area contributed by atoms with Gasteiger partial charge >= 0.3 is 0 Å². The number of amides is 1. The van der Waals surface area contributed by atoms with Crippen LogP contribution in [-0.2, 0) is 7.05 Å². The summed E-state index contributed by atoms with van der Waals surface area (Å²) in [4.78, 5) is 11.8. The largest absolute Gasteiger partial charge is 0.319 e. The number of nitrogens with zero attached hydrogens (tertiary/aromatic N) is 2. The molecule has 1 aromatic heterocycles. The molecular formula is C12H11F2N3O. The van der Waals surface area contributed by atoms with Crippen molar-refractivity contribution in [1.29, 1.82) is 0 Å². The first-order valence-electron chi connectivity index (χ1n) is 5.24. The molecule has 1 amide bonds. The van der Waals surface area contributed by atoms with E-state index in [-0.39, 0.29) is 5.56 Å². The van der Waals surface area contributed by atoms with E-state index < -0.39 is 17.5 Å². The Morgan fingerprint density at radius 2 is 2.11 bits per heavy atom. The third-order valence-electron chi connectivity index (χ3n) is 2.44. The van der Waals surface area contributed by atoms with E-state index in [0.717, 1.165) is 12.1 Å². The first-order valence-corrected chi connectivity index (χ1v) is 5.24. The zero-order chi connectivity index (χ0) is 13.3. The molecule has 0 aliphatic rings. The van der Waals surface area contributed by atoms with Gasteiger partial charge in [-0.2, -0.15) is 5.10 Å². The van der Waals surface area contributed by atoms with Gasteiger partial charge in [0.25, 0.3) is 5.91 Å². The fourth-order valence-electron chi connectivity index (χ4n) is 1.59. The van der Waals surface area contributed by atoms with Gasteiger partial charge in [0.1, 0.15) is 11.6 Å². The molecule has 4 nitrogen and oxygen atoms in total. The zero-order valence-electron chi connectivity index (χ0n) is 9.87. The summed E-state index contributed by atoms with van der Waals surface area (Å²) in [7, 11) is 1.71. The second-order valence-corrected chi connectivity index (χ2v) is 3.88. The summed E-state index contributed by atoms with van der Waals surface area (Å²) in [6, 6.07) is 2.81. The summed E-state index contributed by atoms with van der Waals surface area (Å²) in [6.07, 6.45) is 1.61. The summed E-state index contributed by atoms with van der Waals surface area (Å²) < 4.78 is 27.6. The molecule has 0 fully saturated rings. The SMILES string of the molecule is Cc1nn(C)cc1NC(=O)c1ccc(F)cc1F. The molecule has 1 aromatic carbocycles. The molecule has 0 radical (unpaired) electrons. The summed E-state index contributed by atoms with van der Waals surface area (Å²) in [6.45, 7) is 1.72. The summed E-state index contributed by atoms with van der Waals surface area (Å²) >= 11 is 0. The van der Waals surface area contributed by atoms with Crippen LogP contribution in [0, 0.1) is 18.6 Å². The number of aryl methyl sites for hydroxylation is 2. The minimum Gasteiger partial charge on any atom is -0.319 e. The first-order chi connectivity index (χ1) is 8.47. The Balaban J connectivity index is 2.24. The van der Waals surface area contributed by atoms with Crippen LogP contribution in [0.25, 0.3) is 0 Å². The molecule has 0 aliphatic heterocycles. The first kappa shape index (κ1) is 12.2. The Morgan fingerprint density at radius 1 is 1.39 bits per heavy atom. The Kier molecular flexibility index (Phi) is 3.10. The number of nitrogens with one attached hydrogen (secondary N) is 1. The monoisotopic (exact) mass is 251 g/mol. The Morgan fingerprint density at radius 3 is 2.67 bits per heavy atom. The Labute approximate surface area is 102 Å². The number of carbonyl (C=O) groups is 1. The lowest BCUT2D eigenvalue weighted by Crippen LogP contribution is -2.14. The lowest BCUT2D eigenvalue weighted by molar-refractivity contribution is 0.102. The highest BCUT2D eigenvalue weighted by molar-refractivity contribution is 6.04. The lowest BCUT2D eigenvalue weighted by Gasteiger charge is -2.04. The van der Waals surface area contributed by atoms with Crippen LogP contribution in [0.15, 0.2) is 24.4 Å². The van der Waals surface area contributed by atoms with Crippen molar-refractivity contribution >= 4 is 11.6 Å². The van der Waals surface area contributed by atoms with Gasteiger partial charge in [-0.05, 0) is 19.1 Å². The fraction of sp³-hybridized carbons (Fsp3) is 0.167. The minimum atomic E-state index is -0.894. The van der Waals surface area contributed by atoms with Gasteiger partial charge in [-0.15, -0.1) is 0 Å². The maximum atomic E-state index is 13.4. The van der Waals surface area contributed by atoms with Crippen LogP contribution >= 0.6 is 0 Å². The van der Waals surface area contributed by atoms with Crippen molar-refractivity contribution < 1.29 is 13.6 Å². The number of carbonyl (C=O) groups excluding carboxylic acids is 1. The predicted octanol–water partition coefficient (Wildman–Crippen LogP) is 2.26. The fourth-order valence-corrected chi connectivity index (χ4v) is 1.59. The van der Waals surface area contributed by atoms with Crippen LogP contribution in [0.3, 0.4) is 0 Å². The quantitative estimate of drug-likeness (QED) is 0.889. The maximum absolute atomic E-state index is 13.4. The second kappa shape index (κ2) is 4.56. The van der Waals surface area contributed by atoms with E-state index in [2.05, 4.69) is 10.4 Å². The number of aromatic nitrogens is 2. The standard InChI is InChI=1S/C12H11F2N3O/c1-7-11(6-17(2)16-7)15-12(18)9-4-3-8(13)5-10(9)14/h3-6H,1-2H3,(H,15,18). The van der Waals surface area contributed by atoms with E-state index in [0.29, 0.717) is 17.4 Å². The highest BCUT2D eigenvalue weighted by atomic mass is 19.1. The molecule has 0 bridgehead atoms. The van der Waals surface area contributed by atoms with Gasteiger partial charge in [0.05, 0.1) is 16.9 Å². The number of benzene rings is 1. The minimum absolute atomic E-state index is 0.209. The summed E-state index contributed by atoms with van der Waals surface area (Å²) in [5.74, 6) is -2.25. The summed E-state index contributed by atoms with van der Waals surface area (Å²) in [5, 5.41) is 6.57. The maximum Gasteiger partial charge on any atom is 0.258 e. The number of hydrogen-bond donors (Lipinski definition) is 1. The highest BCUT2D eigenvalue weighted by Crippen LogP contribution is 2.15. The normalized spacial score (nSPS) is 10.4. The van der Waals surface area contributed by atoms with Crippen molar-refractivity contribution in [3.63, 3.8) is 0 Å². The second-order valence-electron chi connectivity index (χ2n) is 3.88. The van der Waals surface area contributed by atoms with Gasteiger partial charge in [-0.25, -0.2) is 8.78 Å². The van der Waals surface area contributed by atoms with Crippen LogP contribution in [0.2, 0.25) is 0 Å². The van der Waals surface area contributed by atoms with Gasteiger partial charge < -0.3 is 5.32 Å². The number of anilines is 1. The molecule has 18 heavy (non-hydrogen) atoms. The van der Waals surface area contributed by atoms with E-state index >= 15 is 0 Å². The van der Waals surface area contributed by atoms with Crippen molar-refractivity contribution in [2.45, 2.75) is 6.92 Å². The van der Waals surface area contributed by atoms with E-state index in [1.54, 1.807) is 20.2 Å². The lowest BCUT2D eigenvalue weighted by atomic mass is 10.2. The van der Waals surface area contributed by atoms with E-state index in [4.69, 9.17) is 0 Å². The number of rotatable bonds is 2. The van der Waals surface area contributed by atoms with Crippen molar-refractivity contribution in [3.8, 4) is 0 Å². The Bertz CT molecular complexity index is 607. The van der Waals surface area contributed by atoms with Gasteiger partial charge in [0, 0.05) is 19.3 Å². The third-order valence-corrected chi connectivity index (χ3v) is 2.44. The van der Waals surface area contributed by atoms with Gasteiger partial charge in [0.15, 0.2) is 0 Å². The molecule has 0 saturated heterocycles. The highest BCUT2D eigenvalue weighted by Gasteiger charge is 2.14. The molecule has 0 saturated carbocycles. The predicted molar refractivity (Wildman–Crippen MR) is 62.3 cm³/mol. The van der Waals surface area contributed by atoms with E-state index in [1.165, 1.54) is 4.68 Å². The van der Waals surface area contributed by atoms with E-state index in [9.17, 15) is 13.6 Å². The molecule has 94 valence electrons. The number of hydrogen-bond acceptors (Lipinski definition) is 2. The summed E-state index contributed by atoms with van der Waals surface area (Å²) in [5.41, 5.74) is 0.902. The molecule has 2 rings (SSSR count). The topological polar surface area (TPSA) is 46.9 Å². The molecule has 1 heterocycles. The van der Waals surface area contributed by atoms with E-state index in [1.807, 2.05) is 0 Å². The van der Waals surface area contributed by atoms with Crippen molar-refractivity contribution in [2.75, 3.05) is 5.32 Å². The molecule has 1 N–H and O–H groups in total. The van der Waals surface area contributed by atoms with Crippen LogP contribution in [0.4, 0.5) is 14.5 Å². The van der Waals surface area contributed by atoms with Gasteiger partial charge in [-0.1, -0.05) is 0 Å². The van der Waals surface area contributed by atoms with Crippen LogP contribution in [0.1, 0.15) is 16.1 Å². The van der Waals surface area contributed by atoms with Crippen molar-refractivity contribution in [3.05, 3.63) is 47.3 Å². The smallest absolute Gasteiger partial charge is 0.258 e. The molecule has 6 heteroatoms. The van der Waals surface area contributed by atoms with Gasteiger partial charge in [0.2, 0.25) is 0 Å². The molecular weight excluding hydrogens is 240 g/mol. The van der Waals surface area contributed by atoms with Gasteiger partial charge in [-0.3, -0.25) is 9.48 Å². The van der Waals surface area contributed by atoms with Crippen molar-refractivity contribution in [2.24, 2.45) is 7.05 Å². The molecule has 0 atom stereocenters. The average Bonchev–Trinajstić information content (AvgIpc) is 2.57. The number of halogens is 2. The van der Waals surface area contributed by atoms with Crippen LogP contribution in [-0.4, -0.2) is 15.7 Å². The zero-order valence-corrected chi connectivity index (χ0v) is 9.87. The molecule has 2 aromatic rings. The Hall–Kier alpha value is -2.24. The average molecular weight is 251 g/mol. The van der Waals surface area contributed by atoms with Crippen molar-refractivity contribution in [1.82, 2.24) is 9.78 Å². The third kappa shape index (κ3) is 2.37. The molecule has 0 unspecified atom stereocenters. The molecule has 0 spiro atoms. The molecule has 0 aliphatic carbocycles. The van der Waals surface area contributed by atoms with Crippen LogP contribution < -0.4 is 5.32 Å². The van der Waals surface area contributed by atoms with Crippen LogP contribution in [0.5, 0.6) is 0 Å².